The molecule has 2 aliphatic heterocycles. The summed E-state index contributed by atoms with van der Waals surface area (Å²) in [5.41, 5.74) is -0.317. The lowest BCUT2D eigenvalue weighted by Crippen LogP contribution is -2.47. The van der Waals surface area contributed by atoms with Gasteiger partial charge >= 0.3 is 0 Å². The Balaban J connectivity index is 1.12. The van der Waals surface area contributed by atoms with Gasteiger partial charge in [-0.2, -0.15) is 4.31 Å². The Morgan fingerprint density at radius 2 is 1.73 bits per heavy atom. The third-order valence-corrected chi connectivity index (χ3v) is 11.2. The number of primary sulfonamides is 1. The van der Waals surface area contributed by atoms with E-state index in [1.54, 1.807) is 12.1 Å². The zero-order valence-electron chi connectivity index (χ0n) is 24.2. The molecule has 0 bridgehead atoms. The number of ether oxygens (including phenoxy) is 2. The van der Waals surface area contributed by atoms with Gasteiger partial charge in [-0.1, -0.05) is 36.4 Å². The molecule has 14 heteroatoms. The number of sulfonamides is 2. The first-order chi connectivity index (χ1) is 20.9. The van der Waals surface area contributed by atoms with E-state index in [9.17, 15) is 32.2 Å². The molecule has 5 rings (SSSR count). The third-order valence-electron chi connectivity index (χ3n) is 8.32. The number of aliphatic hydroxyl groups is 3. The zero-order valence-corrected chi connectivity index (χ0v) is 25.8. The molecule has 240 valence electrons. The quantitative estimate of drug-likeness (QED) is 0.187. The van der Waals surface area contributed by atoms with Crippen LogP contribution in [0.15, 0.2) is 70.5 Å². The highest BCUT2D eigenvalue weighted by atomic mass is 32.2. The van der Waals surface area contributed by atoms with Crippen LogP contribution in [0, 0.1) is 0 Å². The Labute approximate surface area is 257 Å². The van der Waals surface area contributed by atoms with Crippen molar-refractivity contribution in [1.82, 2.24) is 9.62 Å². The van der Waals surface area contributed by atoms with Gasteiger partial charge in [0, 0.05) is 37.7 Å². The molecule has 3 aromatic carbocycles. The average molecular weight is 650 g/mol. The van der Waals surface area contributed by atoms with Gasteiger partial charge in [0.2, 0.25) is 20.0 Å². The Hall–Kier alpha value is -2.66. The summed E-state index contributed by atoms with van der Waals surface area (Å²) in [4.78, 5) is 0.0583. The van der Waals surface area contributed by atoms with Crippen LogP contribution in [0.2, 0.25) is 0 Å². The van der Waals surface area contributed by atoms with Crippen molar-refractivity contribution < 1.29 is 41.6 Å². The molecule has 0 aliphatic carbocycles. The van der Waals surface area contributed by atoms with E-state index in [1.807, 2.05) is 30.3 Å². The molecule has 2 aliphatic rings. The maximum atomic E-state index is 13.4. The average Bonchev–Trinajstić information content (AvgIpc) is 3.40. The first-order valence-corrected chi connectivity index (χ1v) is 17.5. The molecular formula is C30H39N3O9S2. The van der Waals surface area contributed by atoms with E-state index in [4.69, 9.17) is 14.6 Å². The fraction of sp³-hybridized carbons (Fsp3) is 0.467. The normalized spacial score (nSPS) is 20.6. The van der Waals surface area contributed by atoms with Gasteiger partial charge in [0.25, 0.3) is 0 Å². The van der Waals surface area contributed by atoms with E-state index < -0.39 is 44.5 Å². The lowest BCUT2D eigenvalue weighted by atomic mass is 9.88. The minimum absolute atomic E-state index is 0.0470. The van der Waals surface area contributed by atoms with Crippen LogP contribution < -0.4 is 15.2 Å². The number of aliphatic hydroxyl groups excluding tert-OH is 3. The van der Waals surface area contributed by atoms with E-state index in [2.05, 4.69) is 5.32 Å². The van der Waals surface area contributed by atoms with Crippen molar-refractivity contribution in [1.29, 1.82) is 0 Å². The van der Waals surface area contributed by atoms with Gasteiger partial charge in [0.05, 0.1) is 34.7 Å². The molecule has 0 saturated carbocycles. The first kappa shape index (κ1) is 32.7. The molecule has 3 aromatic rings. The van der Waals surface area contributed by atoms with Crippen LogP contribution in [0.1, 0.15) is 24.8 Å². The Kier molecular flexibility index (Phi) is 9.94. The lowest BCUT2D eigenvalue weighted by Gasteiger charge is -2.38. The number of nitrogens with zero attached hydrogens (tertiary/aromatic N) is 1. The second kappa shape index (κ2) is 13.4. The number of nitrogens with two attached hydrogens (primary N) is 1. The maximum absolute atomic E-state index is 13.4. The fourth-order valence-electron chi connectivity index (χ4n) is 5.93. The summed E-state index contributed by atoms with van der Waals surface area (Å²) in [7, 11) is -7.75. The third kappa shape index (κ3) is 7.41. The molecule has 6 N–H and O–H groups in total. The van der Waals surface area contributed by atoms with E-state index in [0.29, 0.717) is 39.0 Å². The summed E-state index contributed by atoms with van der Waals surface area (Å²) in [5.74, 6) is 0.136. The number of piperidine rings is 1. The van der Waals surface area contributed by atoms with Crippen LogP contribution in [0.4, 0.5) is 0 Å². The number of hydrogen-bond acceptors (Lipinski definition) is 10. The smallest absolute Gasteiger partial charge is 0.243 e. The van der Waals surface area contributed by atoms with E-state index in [0.717, 1.165) is 10.8 Å². The topological polar surface area (TPSA) is 189 Å². The molecule has 0 radical (unpaired) electrons. The van der Waals surface area contributed by atoms with E-state index in [1.165, 1.54) is 22.5 Å². The van der Waals surface area contributed by atoms with E-state index >= 15 is 0 Å². The van der Waals surface area contributed by atoms with Gasteiger partial charge in [-0.3, -0.25) is 0 Å². The maximum Gasteiger partial charge on any atom is 0.243 e. The van der Waals surface area contributed by atoms with Crippen molar-refractivity contribution in [2.24, 2.45) is 5.14 Å². The van der Waals surface area contributed by atoms with Crippen LogP contribution >= 0.6 is 0 Å². The standard InChI is InChI=1S/C30H39N3O9S2/c31-43(37,38)29-7-3-6-28(27(29)15-24(35)18-34)41-20-25(36)17-32-23-16-30(42-19-23)10-12-33(13-11-30)44(39,40)26-9-8-21-4-1-2-5-22(21)14-26/h1-9,14,23-25,32,34-36H,10-13,15-20H2,(H2,31,37,38)/t23?,24-,25-/m0/s1. The van der Waals surface area contributed by atoms with Gasteiger partial charge in [-0.05, 0) is 54.3 Å². The highest BCUT2D eigenvalue weighted by Gasteiger charge is 2.44. The van der Waals surface area contributed by atoms with Crippen LogP contribution in [0.5, 0.6) is 5.75 Å². The summed E-state index contributed by atoms with van der Waals surface area (Å²) in [6, 6.07) is 17.0. The summed E-state index contributed by atoms with van der Waals surface area (Å²) < 4.78 is 64.2. The Bertz CT molecular complexity index is 1680. The summed E-state index contributed by atoms with van der Waals surface area (Å²) in [5, 5.41) is 40.2. The minimum Gasteiger partial charge on any atom is -0.491 e. The summed E-state index contributed by atoms with van der Waals surface area (Å²) in [6.07, 6.45) is -0.570. The largest absolute Gasteiger partial charge is 0.491 e. The van der Waals surface area contributed by atoms with Crippen LogP contribution in [0.25, 0.3) is 10.8 Å². The molecule has 2 saturated heterocycles. The minimum atomic E-state index is -4.12. The van der Waals surface area contributed by atoms with Crippen LogP contribution in [0.3, 0.4) is 0 Å². The van der Waals surface area contributed by atoms with Gasteiger partial charge in [-0.15, -0.1) is 0 Å². The molecule has 12 nitrogen and oxygen atoms in total. The molecule has 0 aromatic heterocycles. The van der Waals surface area contributed by atoms with Crippen LogP contribution in [-0.2, 0) is 31.2 Å². The molecule has 3 atom stereocenters. The second-order valence-electron chi connectivity index (χ2n) is 11.5. The molecule has 2 fully saturated rings. The van der Waals surface area contributed by atoms with Gasteiger partial charge in [0.1, 0.15) is 18.5 Å². The van der Waals surface area contributed by atoms with Crippen molar-refractivity contribution in [2.75, 3.05) is 39.5 Å². The van der Waals surface area contributed by atoms with Gasteiger partial charge in [0.15, 0.2) is 0 Å². The summed E-state index contributed by atoms with van der Waals surface area (Å²) in [6.45, 7) is 0.560. The number of rotatable bonds is 12. The van der Waals surface area contributed by atoms with Crippen molar-refractivity contribution in [3.8, 4) is 5.75 Å². The van der Waals surface area contributed by atoms with Crippen molar-refractivity contribution in [3.05, 3.63) is 66.2 Å². The number of nitrogens with one attached hydrogen (secondary N) is 1. The first-order valence-electron chi connectivity index (χ1n) is 14.5. The van der Waals surface area contributed by atoms with Gasteiger partial charge < -0.3 is 30.1 Å². The molecule has 44 heavy (non-hydrogen) atoms. The molecule has 2 heterocycles. The van der Waals surface area contributed by atoms with Crippen molar-refractivity contribution in [2.45, 2.75) is 59.3 Å². The molecule has 0 amide bonds. The molecular weight excluding hydrogens is 610 g/mol. The predicted octanol–water partition coefficient (Wildman–Crippen LogP) is 0.725. The fourth-order valence-corrected chi connectivity index (χ4v) is 8.20. The van der Waals surface area contributed by atoms with E-state index in [-0.39, 0.29) is 46.7 Å². The molecule has 1 spiro atoms. The highest BCUT2D eigenvalue weighted by Crippen LogP contribution is 2.37. The number of benzene rings is 3. The van der Waals surface area contributed by atoms with Crippen molar-refractivity contribution in [3.63, 3.8) is 0 Å². The summed E-state index contributed by atoms with van der Waals surface area (Å²) >= 11 is 0. The number of fused-ring (bicyclic) bond motifs is 1. The highest BCUT2D eigenvalue weighted by molar-refractivity contribution is 7.89. The Morgan fingerprint density at radius 1 is 1.00 bits per heavy atom. The SMILES string of the molecule is NS(=O)(=O)c1cccc(OC[C@@H](O)CNC2COC3(CCN(S(=O)(=O)c4ccc5ccccc5c4)CC3)C2)c1C[C@H](O)CO. The molecule has 1 unspecified atom stereocenters. The van der Waals surface area contributed by atoms with Gasteiger partial charge in [-0.25, -0.2) is 22.0 Å². The predicted molar refractivity (Wildman–Crippen MR) is 163 cm³/mol. The zero-order chi connectivity index (χ0) is 31.5. The lowest BCUT2D eigenvalue weighted by molar-refractivity contribution is -0.0312. The Morgan fingerprint density at radius 3 is 2.43 bits per heavy atom. The van der Waals surface area contributed by atoms with Crippen molar-refractivity contribution >= 4 is 30.8 Å². The number of hydrogen-bond donors (Lipinski definition) is 5. The second-order valence-corrected chi connectivity index (χ2v) is 15.0. The monoisotopic (exact) mass is 649 g/mol. The van der Waals surface area contributed by atoms with Crippen LogP contribution in [-0.4, -0.2) is 99.8 Å².